The maximum atomic E-state index is 12.3. The molecule has 2 N–H and O–H groups in total. The van der Waals surface area contributed by atoms with Gasteiger partial charge in [-0.15, -0.1) is 0 Å². The Morgan fingerprint density at radius 1 is 1.40 bits per heavy atom. The zero-order chi connectivity index (χ0) is 14.7. The number of hydrogen-bond donors (Lipinski definition) is 1. The first-order valence-corrected chi connectivity index (χ1v) is 6.73. The van der Waals surface area contributed by atoms with Crippen LogP contribution < -0.4 is 15.4 Å². The number of nitrogen functional groups attached to an aromatic ring is 1. The number of ether oxygens (including phenoxy) is 1. The molecule has 0 spiro atoms. The van der Waals surface area contributed by atoms with E-state index in [1.165, 1.54) is 0 Å². The summed E-state index contributed by atoms with van der Waals surface area (Å²) in [5.74, 6) is 0.0458. The predicted molar refractivity (Wildman–Crippen MR) is 76.4 cm³/mol. The van der Waals surface area contributed by atoms with Gasteiger partial charge in [0.15, 0.2) is 5.75 Å². The number of nitrogens with zero attached hydrogens (tertiary/aromatic N) is 2. The molecule has 0 aromatic heterocycles. The van der Waals surface area contributed by atoms with Crippen molar-refractivity contribution in [3.63, 3.8) is 0 Å². The fraction of sp³-hybridized carbons (Fsp3) is 0.571. The number of anilines is 2. The molecule has 0 saturated carbocycles. The van der Waals surface area contributed by atoms with Crippen LogP contribution in [-0.2, 0) is 0 Å². The van der Waals surface area contributed by atoms with Gasteiger partial charge in [-0.1, -0.05) is 0 Å². The molecule has 0 radical (unpaired) electrons. The Labute approximate surface area is 118 Å². The van der Waals surface area contributed by atoms with Crippen molar-refractivity contribution in [2.24, 2.45) is 0 Å². The zero-order valence-electron chi connectivity index (χ0n) is 11.9. The van der Waals surface area contributed by atoms with E-state index >= 15 is 0 Å². The maximum absolute atomic E-state index is 12.3. The van der Waals surface area contributed by atoms with Crippen molar-refractivity contribution in [1.29, 1.82) is 0 Å². The van der Waals surface area contributed by atoms with Crippen LogP contribution in [0.1, 0.15) is 12.8 Å². The van der Waals surface area contributed by atoms with Gasteiger partial charge in [-0.05, 0) is 39.1 Å². The van der Waals surface area contributed by atoms with Crippen LogP contribution in [-0.4, -0.2) is 44.7 Å². The van der Waals surface area contributed by atoms with Crippen LogP contribution in [0.25, 0.3) is 0 Å². The molecule has 0 bridgehead atoms. The predicted octanol–water partition coefficient (Wildman–Crippen LogP) is 2.40. The molecular weight excluding hydrogens is 264 g/mol. The van der Waals surface area contributed by atoms with Crippen LogP contribution >= 0.6 is 0 Å². The molecule has 1 aromatic carbocycles. The van der Waals surface area contributed by atoms with E-state index < -0.39 is 6.61 Å². The molecule has 1 aliphatic rings. The first kappa shape index (κ1) is 14.8. The van der Waals surface area contributed by atoms with Gasteiger partial charge >= 0.3 is 6.61 Å². The van der Waals surface area contributed by atoms with E-state index in [2.05, 4.69) is 28.6 Å². The lowest BCUT2D eigenvalue weighted by molar-refractivity contribution is -0.0493. The van der Waals surface area contributed by atoms with E-state index in [0.717, 1.165) is 31.6 Å². The molecule has 1 saturated heterocycles. The van der Waals surface area contributed by atoms with Crippen molar-refractivity contribution in [3.05, 3.63) is 18.2 Å². The Kier molecular flexibility index (Phi) is 4.65. The molecule has 1 unspecified atom stereocenters. The molecule has 0 amide bonds. The summed E-state index contributed by atoms with van der Waals surface area (Å²) in [6.45, 7) is -1.06. The molecule has 6 heteroatoms. The average Bonchev–Trinajstić information content (AvgIpc) is 2.41. The molecule has 1 heterocycles. The lowest BCUT2D eigenvalue weighted by atomic mass is 10.0. The molecule has 1 aromatic rings. The fourth-order valence-corrected chi connectivity index (χ4v) is 2.53. The number of halogens is 2. The standard InChI is InChI=1S/C14H21F2N3O/c1-18(2)11-4-3-7-19(9-11)10-5-6-12(17)13(8-10)20-14(15)16/h5-6,8,11,14H,3-4,7,9,17H2,1-2H3. The molecule has 1 aliphatic heterocycles. The van der Waals surface area contributed by atoms with Crippen LogP contribution in [0.5, 0.6) is 5.75 Å². The minimum Gasteiger partial charge on any atom is -0.433 e. The molecule has 20 heavy (non-hydrogen) atoms. The number of hydrogen-bond acceptors (Lipinski definition) is 4. The Balaban J connectivity index is 2.15. The molecule has 4 nitrogen and oxygen atoms in total. The molecular formula is C14H21F2N3O. The minimum atomic E-state index is -2.86. The maximum Gasteiger partial charge on any atom is 0.387 e. The van der Waals surface area contributed by atoms with Gasteiger partial charge in [0.2, 0.25) is 0 Å². The van der Waals surface area contributed by atoms with Gasteiger partial charge in [-0.3, -0.25) is 0 Å². The van der Waals surface area contributed by atoms with Gasteiger partial charge in [0.05, 0.1) is 5.69 Å². The quantitative estimate of drug-likeness (QED) is 0.863. The normalized spacial score (nSPS) is 19.7. The zero-order valence-corrected chi connectivity index (χ0v) is 11.9. The molecule has 1 atom stereocenters. The van der Waals surface area contributed by atoms with Crippen molar-refractivity contribution in [1.82, 2.24) is 4.90 Å². The Bertz CT molecular complexity index is 454. The minimum absolute atomic E-state index is 0.0458. The highest BCUT2D eigenvalue weighted by Gasteiger charge is 2.22. The third kappa shape index (κ3) is 3.50. The van der Waals surface area contributed by atoms with Crippen molar-refractivity contribution < 1.29 is 13.5 Å². The number of benzene rings is 1. The summed E-state index contributed by atoms with van der Waals surface area (Å²) in [7, 11) is 4.12. The van der Waals surface area contributed by atoms with Crippen LogP contribution in [0.2, 0.25) is 0 Å². The van der Waals surface area contributed by atoms with Crippen LogP contribution in [0.15, 0.2) is 18.2 Å². The number of rotatable bonds is 4. The molecule has 2 rings (SSSR count). The highest BCUT2D eigenvalue weighted by atomic mass is 19.3. The monoisotopic (exact) mass is 285 g/mol. The van der Waals surface area contributed by atoms with Crippen LogP contribution in [0.3, 0.4) is 0 Å². The topological polar surface area (TPSA) is 41.7 Å². The summed E-state index contributed by atoms with van der Waals surface area (Å²) < 4.78 is 29.1. The Morgan fingerprint density at radius 3 is 2.80 bits per heavy atom. The van der Waals surface area contributed by atoms with Crippen LogP contribution in [0, 0.1) is 0 Å². The second kappa shape index (κ2) is 6.26. The largest absolute Gasteiger partial charge is 0.433 e. The molecule has 0 aliphatic carbocycles. The van der Waals surface area contributed by atoms with E-state index in [9.17, 15) is 8.78 Å². The highest BCUT2D eigenvalue weighted by Crippen LogP contribution is 2.30. The van der Waals surface area contributed by atoms with Crippen molar-refractivity contribution in [3.8, 4) is 5.75 Å². The first-order valence-electron chi connectivity index (χ1n) is 6.73. The number of nitrogens with two attached hydrogens (primary N) is 1. The Morgan fingerprint density at radius 2 is 2.15 bits per heavy atom. The third-order valence-electron chi connectivity index (χ3n) is 3.71. The third-order valence-corrected chi connectivity index (χ3v) is 3.71. The van der Waals surface area contributed by atoms with E-state index in [1.807, 2.05) is 6.07 Å². The smallest absolute Gasteiger partial charge is 0.387 e. The van der Waals surface area contributed by atoms with Crippen LogP contribution in [0.4, 0.5) is 20.2 Å². The van der Waals surface area contributed by atoms with Gasteiger partial charge in [0.1, 0.15) is 0 Å². The lowest BCUT2D eigenvalue weighted by Crippen LogP contribution is -2.45. The van der Waals surface area contributed by atoms with E-state index in [-0.39, 0.29) is 11.4 Å². The summed E-state index contributed by atoms with van der Waals surface area (Å²) in [6.07, 6.45) is 2.23. The molecule has 112 valence electrons. The van der Waals surface area contributed by atoms with Gasteiger partial charge in [-0.25, -0.2) is 0 Å². The highest BCUT2D eigenvalue weighted by molar-refractivity contribution is 5.62. The number of likely N-dealkylation sites (N-methyl/N-ethyl adjacent to an activating group) is 1. The SMILES string of the molecule is CN(C)C1CCCN(c2ccc(N)c(OC(F)F)c2)C1. The second-order valence-electron chi connectivity index (χ2n) is 5.31. The van der Waals surface area contributed by atoms with Crippen molar-refractivity contribution in [2.75, 3.05) is 37.8 Å². The summed E-state index contributed by atoms with van der Waals surface area (Å²) in [6, 6.07) is 5.54. The summed E-state index contributed by atoms with van der Waals surface area (Å²) in [5.41, 5.74) is 6.77. The lowest BCUT2D eigenvalue weighted by Gasteiger charge is -2.37. The van der Waals surface area contributed by atoms with E-state index in [1.54, 1.807) is 12.1 Å². The number of alkyl halides is 2. The summed E-state index contributed by atoms with van der Waals surface area (Å²) >= 11 is 0. The summed E-state index contributed by atoms with van der Waals surface area (Å²) in [4.78, 5) is 4.38. The molecule has 1 fully saturated rings. The van der Waals surface area contributed by atoms with E-state index in [0.29, 0.717) is 6.04 Å². The first-order chi connectivity index (χ1) is 9.47. The Hall–Kier alpha value is -1.56. The fourth-order valence-electron chi connectivity index (χ4n) is 2.53. The van der Waals surface area contributed by atoms with Crippen molar-refractivity contribution in [2.45, 2.75) is 25.5 Å². The summed E-state index contributed by atoms with van der Waals surface area (Å²) in [5, 5.41) is 0. The van der Waals surface area contributed by atoms with Gasteiger partial charge in [-0.2, -0.15) is 8.78 Å². The number of piperidine rings is 1. The second-order valence-corrected chi connectivity index (χ2v) is 5.31. The van der Waals surface area contributed by atoms with Crippen molar-refractivity contribution >= 4 is 11.4 Å². The average molecular weight is 285 g/mol. The van der Waals surface area contributed by atoms with Gasteiger partial charge in [0.25, 0.3) is 0 Å². The van der Waals surface area contributed by atoms with Gasteiger partial charge in [0, 0.05) is 30.9 Å². The van der Waals surface area contributed by atoms with E-state index in [4.69, 9.17) is 5.73 Å². The van der Waals surface area contributed by atoms with Gasteiger partial charge < -0.3 is 20.3 Å².